The molecule has 20 heavy (non-hydrogen) atoms. The number of hydrogen-bond acceptors (Lipinski definition) is 5. The normalized spacial score (nSPS) is 29.9. The van der Waals surface area contributed by atoms with Gasteiger partial charge in [0.1, 0.15) is 6.04 Å². The molecule has 2 atom stereocenters. The molecule has 7 heteroatoms. The maximum absolute atomic E-state index is 12.3. The summed E-state index contributed by atoms with van der Waals surface area (Å²) in [6.45, 7) is 0. The van der Waals surface area contributed by atoms with Crippen molar-refractivity contribution in [3.8, 4) is 0 Å². The molecule has 3 aliphatic rings. The van der Waals surface area contributed by atoms with E-state index >= 15 is 0 Å². The van der Waals surface area contributed by atoms with E-state index in [9.17, 15) is 24.3 Å². The fourth-order valence-corrected chi connectivity index (χ4v) is 2.71. The van der Waals surface area contributed by atoms with Gasteiger partial charge < -0.3 is 5.11 Å². The van der Waals surface area contributed by atoms with Gasteiger partial charge in [0.2, 0.25) is 11.8 Å². The second kappa shape index (κ2) is 4.38. The second-order valence-corrected chi connectivity index (χ2v) is 4.93. The third-order valence-electron chi connectivity index (χ3n) is 3.69. The highest BCUT2D eigenvalue weighted by atomic mass is 16.3. The molecule has 1 aliphatic carbocycles. The Morgan fingerprint density at radius 3 is 2.60 bits per heavy atom. The number of aliphatic hydroxyl groups is 1. The topological polar surface area (TPSA) is 104 Å². The molecule has 0 saturated carbocycles. The van der Waals surface area contributed by atoms with Crippen LogP contribution in [0.5, 0.6) is 0 Å². The van der Waals surface area contributed by atoms with Crippen molar-refractivity contribution in [2.45, 2.75) is 31.4 Å². The number of piperidine rings is 1. The summed E-state index contributed by atoms with van der Waals surface area (Å²) in [5.41, 5.74) is 0.181. The van der Waals surface area contributed by atoms with Gasteiger partial charge in [0.05, 0.1) is 17.3 Å². The zero-order chi connectivity index (χ0) is 14.4. The lowest BCUT2D eigenvalue weighted by atomic mass is 9.97. The van der Waals surface area contributed by atoms with Crippen molar-refractivity contribution in [3.63, 3.8) is 0 Å². The minimum Gasteiger partial charge on any atom is -0.388 e. The number of aliphatic hydroxyl groups excluding tert-OH is 1. The van der Waals surface area contributed by atoms with Crippen LogP contribution in [-0.4, -0.2) is 45.8 Å². The van der Waals surface area contributed by atoms with Crippen molar-refractivity contribution in [2.24, 2.45) is 0 Å². The van der Waals surface area contributed by atoms with Crippen LogP contribution in [0.25, 0.3) is 0 Å². The summed E-state index contributed by atoms with van der Waals surface area (Å²) in [5, 5.41) is 11.9. The fourth-order valence-electron chi connectivity index (χ4n) is 2.71. The number of carbonyl (C=O) groups excluding carboxylic acids is 4. The van der Waals surface area contributed by atoms with Crippen LogP contribution in [0.15, 0.2) is 23.3 Å². The van der Waals surface area contributed by atoms with Gasteiger partial charge in [-0.3, -0.25) is 29.4 Å². The zero-order valence-corrected chi connectivity index (χ0v) is 10.5. The molecule has 0 aromatic rings. The van der Waals surface area contributed by atoms with Crippen molar-refractivity contribution in [1.82, 2.24) is 10.2 Å². The Hall–Kier alpha value is -2.28. The molecule has 2 N–H and O–H groups in total. The summed E-state index contributed by atoms with van der Waals surface area (Å²) in [6.07, 6.45) is 2.54. The standard InChI is InChI=1S/C13H12N2O5/c16-8-3-1-2-6-10(8)13(20)15(12(6)19)7-4-5-9(17)14-11(7)18/h1-2,7-8,16H,3-5H2,(H,14,17,18). The van der Waals surface area contributed by atoms with E-state index in [1.54, 1.807) is 6.08 Å². The Kier molecular flexibility index (Phi) is 2.79. The first-order valence-corrected chi connectivity index (χ1v) is 6.31. The second-order valence-electron chi connectivity index (χ2n) is 4.93. The lowest BCUT2D eigenvalue weighted by Gasteiger charge is -2.28. The zero-order valence-electron chi connectivity index (χ0n) is 10.5. The molecule has 1 fully saturated rings. The van der Waals surface area contributed by atoms with E-state index in [-0.39, 0.29) is 30.4 Å². The number of imide groups is 2. The quantitative estimate of drug-likeness (QED) is 0.584. The van der Waals surface area contributed by atoms with Gasteiger partial charge in [0, 0.05) is 6.42 Å². The molecule has 2 heterocycles. The average Bonchev–Trinajstić information content (AvgIpc) is 2.64. The van der Waals surface area contributed by atoms with Crippen LogP contribution in [0.3, 0.4) is 0 Å². The van der Waals surface area contributed by atoms with E-state index in [1.165, 1.54) is 6.08 Å². The van der Waals surface area contributed by atoms with E-state index in [1.807, 2.05) is 0 Å². The van der Waals surface area contributed by atoms with E-state index in [0.717, 1.165) is 4.90 Å². The molecule has 2 aliphatic heterocycles. The minimum absolute atomic E-state index is 0.0437. The van der Waals surface area contributed by atoms with Crippen LogP contribution in [-0.2, 0) is 19.2 Å². The molecule has 0 radical (unpaired) electrons. The van der Waals surface area contributed by atoms with Crippen LogP contribution in [0.1, 0.15) is 19.3 Å². The van der Waals surface area contributed by atoms with Crippen LogP contribution in [0.2, 0.25) is 0 Å². The minimum atomic E-state index is -1.02. The average molecular weight is 276 g/mol. The third-order valence-corrected chi connectivity index (χ3v) is 3.69. The summed E-state index contributed by atoms with van der Waals surface area (Å²) in [7, 11) is 0. The van der Waals surface area contributed by atoms with Gasteiger partial charge in [0.25, 0.3) is 11.8 Å². The van der Waals surface area contributed by atoms with Gasteiger partial charge >= 0.3 is 0 Å². The molecule has 0 aromatic heterocycles. The molecule has 2 unspecified atom stereocenters. The van der Waals surface area contributed by atoms with Crippen LogP contribution < -0.4 is 5.32 Å². The molecule has 0 bridgehead atoms. The predicted molar refractivity (Wildman–Crippen MR) is 64.8 cm³/mol. The predicted octanol–water partition coefficient (Wildman–Crippen LogP) is -1.22. The van der Waals surface area contributed by atoms with Gasteiger partial charge in [-0.05, 0) is 12.8 Å². The van der Waals surface area contributed by atoms with Crippen molar-refractivity contribution in [2.75, 3.05) is 0 Å². The monoisotopic (exact) mass is 276 g/mol. The molecule has 7 nitrogen and oxygen atoms in total. The number of rotatable bonds is 1. The van der Waals surface area contributed by atoms with E-state index in [2.05, 4.69) is 5.32 Å². The first-order chi connectivity index (χ1) is 9.50. The highest BCUT2D eigenvalue weighted by Crippen LogP contribution is 2.32. The number of carbonyl (C=O) groups is 4. The third kappa shape index (κ3) is 1.70. The lowest BCUT2D eigenvalue weighted by molar-refractivity contribution is -0.150. The van der Waals surface area contributed by atoms with Gasteiger partial charge in [-0.15, -0.1) is 0 Å². The van der Waals surface area contributed by atoms with E-state index in [0.29, 0.717) is 0 Å². The molecule has 3 rings (SSSR count). The smallest absolute Gasteiger partial charge is 0.262 e. The first-order valence-electron chi connectivity index (χ1n) is 6.31. The SMILES string of the molecule is O=C1CCC(N2C(=O)C3=C(C2=O)C(O)CC=C3)C(=O)N1. The Balaban J connectivity index is 1.92. The van der Waals surface area contributed by atoms with Crippen LogP contribution in [0.4, 0.5) is 0 Å². The van der Waals surface area contributed by atoms with Crippen molar-refractivity contribution in [1.29, 1.82) is 0 Å². The molecule has 0 aromatic carbocycles. The van der Waals surface area contributed by atoms with Crippen molar-refractivity contribution >= 4 is 23.6 Å². The maximum Gasteiger partial charge on any atom is 0.262 e. The highest BCUT2D eigenvalue weighted by molar-refractivity contribution is 6.23. The van der Waals surface area contributed by atoms with Crippen LogP contribution in [0, 0.1) is 0 Å². The van der Waals surface area contributed by atoms with E-state index in [4.69, 9.17) is 0 Å². The fraction of sp³-hybridized carbons (Fsp3) is 0.385. The molecule has 104 valence electrons. The molecule has 1 saturated heterocycles. The highest BCUT2D eigenvalue weighted by Gasteiger charge is 2.47. The molecular weight excluding hydrogens is 264 g/mol. The summed E-state index contributed by atoms with van der Waals surface area (Å²) in [4.78, 5) is 48.3. The number of nitrogens with one attached hydrogen (secondary N) is 1. The van der Waals surface area contributed by atoms with Crippen LogP contribution >= 0.6 is 0 Å². The van der Waals surface area contributed by atoms with Crippen molar-refractivity contribution in [3.05, 3.63) is 23.3 Å². The van der Waals surface area contributed by atoms with Gasteiger partial charge in [-0.2, -0.15) is 0 Å². The number of nitrogens with zero attached hydrogens (tertiary/aromatic N) is 1. The summed E-state index contributed by atoms with van der Waals surface area (Å²) >= 11 is 0. The lowest BCUT2D eigenvalue weighted by Crippen LogP contribution is -2.54. The number of hydrogen-bond donors (Lipinski definition) is 2. The van der Waals surface area contributed by atoms with Gasteiger partial charge in [0.15, 0.2) is 0 Å². The van der Waals surface area contributed by atoms with Gasteiger partial charge in [-0.1, -0.05) is 12.2 Å². The number of amides is 4. The van der Waals surface area contributed by atoms with Crippen molar-refractivity contribution < 1.29 is 24.3 Å². The maximum atomic E-state index is 12.3. The van der Waals surface area contributed by atoms with Gasteiger partial charge in [-0.25, -0.2) is 0 Å². The molecule has 0 spiro atoms. The first kappa shape index (κ1) is 12.7. The Morgan fingerprint density at radius 2 is 1.95 bits per heavy atom. The summed E-state index contributed by atoms with van der Waals surface area (Å²) in [6, 6.07) is -0.987. The molecular formula is C13H12N2O5. The largest absolute Gasteiger partial charge is 0.388 e. The Morgan fingerprint density at radius 1 is 1.20 bits per heavy atom. The van der Waals surface area contributed by atoms with E-state index < -0.39 is 35.8 Å². The summed E-state index contributed by atoms with van der Waals surface area (Å²) in [5.74, 6) is -2.30. The Labute approximate surface area is 113 Å². The Bertz CT molecular complexity index is 604. The molecule has 4 amide bonds. The summed E-state index contributed by atoms with van der Waals surface area (Å²) < 4.78 is 0.